The van der Waals surface area contributed by atoms with E-state index >= 15 is 0 Å². The van der Waals surface area contributed by atoms with Crippen molar-refractivity contribution in [3.8, 4) is 0 Å². The van der Waals surface area contributed by atoms with Gasteiger partial charge in [-0.3, -0.25) is 0 Å². The summed E-state index contributed by atoms with van der Waals surface area (Å²) in [5.74, 6) is -0.659. The molecule has 0 unspecified atom stereocenters. The Balaban J connectivity index is 2.85. The quantitative estimate of drug-likeness (QED) is 0.420. The lowest BCUT2D eigenvalue weighted by Crippen LogP contribution is -2.15. The van der Waals surface area contributed by atoms with Gasteiger partial charge in [0.25, 0.3) is 0 Å². The number of carbonyl (C=O) groups excluding carboxylic acids is 2. The molecule has 0 N–H and O–H groups in total. The summed E-state index contributed by atoms with van der Waals surface area (Å²) in [6, 6.07) is 2.70. The molecule has 1 aromatic carbocycles. The molecule has 0 atom stereocenters. The maximum Gasteiger partial charge on any atom is 0.339 e. The van der Waals surface area contributed by atoms with E-state index in [1.807, 2.05) is 6.92 Å². The third kappa shape index (κ3) is 6.70. The van der Waals surface area contributed by atoms with Crippen LogP contribution >= 0.6 is 23.2 Å². The van der Waals surface area contributed by atoms with E-state index in [9.17, 15) is 9.59 Å². The molecule has 0 amide bonds. The van der Waals surface area contributed by atoms with Crippen LogP contribution in [0.15, 0.2) is 12.1 Å². The first kappa shape index (κ1) is 20.8. The molecule has 1 rings (SSSR count). The van der Waals surface area contributed by atoms with Gasteiger partial charge in [0.1, 0.15) is 0 Å². The van der Waals surface area contributed by atoms with Crippen LogP contribution in [0.5, 0.6) is 0 Å². The molecule has 0 saturated heterocycles. The van der Waals surface area contributed by atoms with Crippen molar-refractivity contribution in [1.29, 1.82) is 0 Å². The second-order valence-electron chi connectivity index (χ2n) is 5.97. The van der Waals surface area contributed by atoms with Crippen molar-refractivity contribution in [3.63, 3.8) is 0 Å². The second kappa shape index (κ2) is 10.6. The van der Waals surface area contributed by atoms with Crippen LogP contribution in [-0.2, 0) is 9.47 Å². The first-order valence-corrected chi connectivity index (χ1v) is 8.95. The zero-order valence-electron chi connectivity index (χ0n) is 14.4. The van der Waals surface area contributed by atoms with Gasteiger partial charge >= 0.3 is 11.9 Å². The van der Waals surface area contributed by atoms with Gasteiger partial charge in [-0.05, 0) is 37.3 Å². The lowest BCUT2D eigenvalue weighted by Gasteiger charge is -2.11. The van der Waals surface area contributed by atoms with Gasteiger partial charge in [0.15, 0.2) is 0 Å². The average molecular weight is 375 g/mol. The van der Waals surface area contributed by atoms with E-state index in [1.54, 1.807) is 0 Å². The Kier molecular flexibility index (Phi) is 9.16. The summed E-state index contributed by atoms with van der Waals surface area (Å²) in [5, 5.41) is 0.381. The van der Waals surface area contributed by atoms with E-state index in [0.29, 0.717) is 19.1 Å². The number of benzene rings is 1. The second-order valence-corrected chi connectivity index (χ2v) is 6.79. The Morgan fingerprint density at radius 2 is 1.42 bits per heavy atom. The molecule has 0 aromatic heterocycles. The number of carbonyl (C=O) groups is 2. The third-order valence-corrected chi connectivity index (χ3v) is 4.11. The first-order chi connectivity index (χ1) is 11.4. The number of ether oxygens (including phenoxy) is 2. The fourth-order valence-electron chi connectivity index (χ4n) is 2.01. The largest absolute Gasteiger partial charge is 0.462 e. The maximum atomic E-state index is 12.3. The molecule has 0 fully saturated rings. The van der Waals surface area contributed by atoms with Crippen LogP contribution in [0.2, 0.25) is 10.0 Å². The molecule has 0 spiro atoms. The highest BCUT2D eigenvalue weighted by atomic mass is 35.5. The number of halogens is 2. The zero-order valence-corrected chi connectivity index (χ0v) is 15.9. The zero-order chi connectivity index (χ0) is 18.1. The predicted molar refractivity (Wildman–Crippen MR) is 96.0 cm³/mol. The summed E-state index contributed by atoms with van der Waals surface area (Å²) >= 11 is 11.9. The number of unbranched alkanes of at least 4 members (excludes halogenated alkanes) is 1. The van der Waals surface area contributed by atoms with E-state index < -0.39 is 11.9 Å². The molecule has 0 radical (unpaired) electrons. The average Bonchev–Trinajstić information content (AvgIpc) is 2.53. The fraction of sp³-hybridized carbons (Fsp3) is 0.556. The highest BCUT2D eigenvalue weighted by Crippen LogP contribution is 2.27. The number of hydrogen-bond acceptors (Lipinski definition) is 4. The van der Waals surface area contributed by atoms with Crippen molar-refractivity contribution in [2.75, 3.05) is 13.2 Å². The molecule has 6 heteroatoms. The monoisotopic (exact) mass is 374 g/mol. The predicted octanol–water partition coefficient (Wildman–Crippen LogP) is 5.54. The minimum atomic E-state index is -0.601. The molecule has 4 nitrogen and oxygen atoms in total. The molecule has 0 bridgehead atoms. The maximum absolute atomic E-state index is 12.3. The Labute approximate surface area is 153 Å². The van der Waals surface area contributed by atoms with Gasteiger partial charge in [-0.2, -0.15) is 0 Å². The Morgan fingerprint density at radius 3 is 1.83 bits per heavy atom. The molecule has 0 aliphatic carbocycles. The van der Waals surface area contributed by atoms with E-state index in [0.717, 1.165) is 25.7 Å². The van der Waals surface area contributed by atoms with Crippen molar-refractivity contribution in [2.24, 2.45) is 5.92 Å². The van der Waals surface area contributed by atoms with Crippen molar-refractivity contribution >= 4 is 35.1 Å². The van der Waals surface area contributed by atoms with Crippen molar-refractivity contribution in [3.05, 3.63) is 33.3 Å². The van der Waals surface area contributed by atoms with E-state index in [4.69, 9.17) is 32.7 Å². The van der Waals surface area contributed by atoms with Crippen LogP contribution in [0.25, 0.3) is 0 Å². The highest BCUT2D eigenvalue weighted by Gasteiger charge is 2.22. The van der Waals surface area contributed by atoms with Crippen LogP contribution in [0, 0.1) is 5.92 Å². The molecular formula is C18H24Cl2O4. The van der Waals surface area contributed by atoms with Gasteiger partial charge in [-0.25, -0.2) is 9.59 Å². The summed E-state index contributed by atoms with van der Waals surface area (Å²) in [7, 11) is 0. The first-order valence-electron chi connectivity index (χ1n) is 8.20. The highest BCUT2D eigenvalue weighted by molar-refractivity contribution is 6.42. The van der Waals surface area contributed by atoms with Crippen molar-refractivity contribution in [2.45, 2.75) is 46.5 Å². The summed E-state index contributed by atoms with van der Waals surface area (Å²) < 4.78 is 10.4. The Hall–Kier alpha value is -1.26. The topological polar surface area (TPSA) is 52.6 Å². The molecule has 0 aliphatic rings. The molecular weight excluding hydrogens is 351 g/mol. The summed E-state index contributed by atoms with van der Waals surface area (Å²) in [6.45, 7) is 6.78. The lowest BCUT2D eigenvalue weighted by atomic mass is 10.1. The van der Waals surface area contributed by atoms with Gasteiger partial charge in [-0.1, -0.05) is 50.4 Å². The number of hydrogen-bond donors (Lipinski definition) is 0. The Morgan fingerprint density at radius 1 is 0.958 bits per heavy atom. The van der Waals surface area contributed by atoms with E-state index in [-0.39, 0.29) is 21.2 Å². The molecule has 0 aliphatic heterocycles. The van der Waals surface area contributed by atoms with Crippen LogP contribution in [0.4, 0.5) is 0 Å². The summed E-state index contributed by atoms with van der Waals surface area (Å²) in [4.78, 5) is 24.5. The van der Waals surface area contributed by atoms with E-state index in [2.05, 4.69) is 13.8 Å². The van der Waals surface area contributed by atoms with Crippen LogP contribution < -0.4 is 0 Å². The van der Waals surface area contributed by atoms with E-state index in [1.165, 1.54) is 12.1 Å². The molecule has 0 heterocycles. The van der Waals surface area contributed by atoms with Crippen molar-refractivity contribution in [1.82, 2.24) is 0 Å². The van der Waals surface area contributed by atoms with Crippen LogP contribution in [-0.4, -0.2) is 25.2 Å². The lowest BCUT2D eigenvalue weighted by molar-refractivity contribution is 0.0450. The van der Waals surface area contributed by atoms with Crippen molar-refractivity contribution < 1.29 is 19.1 Å². The molecule has 0 saturated carbocycles. The normalized spacial score (nSPS) is 10.8. The summed E-state index contributed by atoms with van der Waals surface area (Å²) in [5.41, 5.74) is 0.157. The van der Waals surface area contributed by atoms with Crippen LogP contribution in [0.1, 0.15) is 67.2 Å². The van der Waals surface area contributed by atoms with Gasteiger partial charge in [0.2, 0.25) is 0 Å². The minimum absolute atomic E-state index is 0.0781. The summed E-state index contributed by atoms with van der Waals surface area (Å²) in [6.07, 6.45) is 3.38. The molecule has 1 aromatic rings. The van der Waals surface area contributed by atoms with Crippen LogP contribution in [0.3, 0.4) is 0 Å². The smallest absolute Gasteiger partial charge is 0.339 e. The van der Waals surface area contributed by atoms with Gasteiger partial charge < -0.3 is 9.47 Å². The standard InChI is InChI=1S/C18H24Cl2O4/c1-4-5-8-23-17(21)13-10-15(19)16(20)11-14(13)18(22)24-9-6-7-12(2)3/h10-12H,4-9H2,1-3H3. The third-order valence-electron chi connectivity index (χ3n) is 3.39. The number of rotatable bonds is 9. The fourth-order valence-corrected chi connectivity index (χ4v) is 2.33. The van der Waals surface area contributed by atoms with Gasteiger partial charge in [-0.15, -0.1) is 0 Å². The van der Waals surface area contributed by atoms with Gasteiger partial charge in [0.05, 0.1) is 34.4 Å². The molecule has 134 valence electrons. The van der Waals surface area contributed by atoms with Gasteiger partial charge in [0, 0.05) is 0 Å². The minimum Gasteiger partial charge on any atom is -0.462 e. The number of esters is 2. The molecule has 24 heavy (non-hydrogen) atoms. The SMILES string of the molecule is CCCCOC(=O)c1cc(Cl)c(Cl)cc1C(=O)OCCCC(C)C. The Bertz CT molecular complexity index is 570.